The minimum atomic E-state index is -3.61. The van der Waals surface area contributed by atoms with Crippen LogP contribution in [-0.2, 0) is 23.0 Å². The molecule has 0 unspecified atom stereocenters. The first-order valence-electron chi connectivity index (χ1n) is 10.0. The van der Waals surface area contributed by atoms with Gasteiger partial charge in [0.2, 0.25) is 10.0 Å². The summed E-state index contributed by atoms with van der Waals surface area (Å²) in [6.45, 7) is 4.17. The first-order valence-corrected chi connectivity index (χ1v) is 11.9. The summed E-state index contributed by atoms with van der Waals surface area (Å²) < 4.78 is 32.5. The largest absolute Gasteiger partial charge is 0.508 e. The Morgan fingerprint density at radius 3 is 2.48 bits per heavy atom. The molecule has 0 atom stereocenters. The molecule has 9 heteroatoms. The molecule has 1 fully saturated rings. The molecule has 1 saturated heterocycles. The molecule has 4 rings (SSSR count). The smallest absolute Gasteiger partial charge is 0.336 e. The van der Waals surface area contributed by atoms with Gasteiger partial charge in [-0.1, -0.05) is 24.6 Å². The second kappa shape index (κ2) is 8.63. The van der Waals surface area contributed by atoms with Gasteiger partial charge in [-0.05, 0) is 41.8 Å². The van der Waals surface area contributed by atoms with Crippen molar-refractivity contribution in [2.24, 2.45) is 0 Å². The van der Waals surface area contributed by atoms with Gasteiger partial charge in [0.05, 0.1) is 4.90 Å². The molecule has 0 bridgehead atoms. The lowest BCUT2D eigenvalue weighted by molar-refractivity contribution is 0.182. The number of fused-ring (bicyclic) bond motifs is 1. The van der Waals surface area contributed by atoms with Crippen LogP contribution in [0.1, 0.15) is 18.1 Å². The molecule has 1 aliphatic heterocycles. The molecule has 2 aromatic carbocycles. The second-order valence-electron chi connectivity index (χ2n) is 7.56. The second-order valence-corrected chi connectivity index (χ2v) is 9.93. The molecular formula is C22H23ClN2O5S. The van der Waals surface area contributed by atoms with Gasteiger partial charge in [0, 0.05) is 55.3 Å². The summed E-state index contributed by atoms with van der Waals surface area (Å²) in [6.07, 6.45) is 0.653. The molecule has 1 N–H and O–H groups in total. The average Bonchev–Trinajstić information content (AvgIpc) is 2.73. The van der Waals surface area contributed by atoms with Crippen molar-refractivity contribution in [2.45, 2.75) is 24.8 Å². The number of aromatic hydroxyl groups is 1. The van der Waals surface area contributed by atoms with E-state index >= 15 is 0 Å². The molecule has 3 aromatic rings. The molecule has 7 nitrogen and oxygen atoms in total. The van der Waals surface area contributed by atoms with Gasteiger partial charge < -0.3 is 9.52 Å². The average molecular weight is 463 g/mol. The lowest BCUT2D eigenvalue weighted by atomic mass is 10.0. The summed E-state index contributed by atoms with van der Waals surface area (Å²) in [5.74, 6) is 0.107. The van der Waals surface area contributed by atoms with E-state index < -0.39 is 15.6 Å². The molecular weight excluding hydrogens is 440 g/mol. The highest BCUT2D eigenvalue weighted by Crippen LogP contribution is 2.28. The van der Waals surface area contributed by atoms with Gasteiger partial charge in [0.15, 0.2) is 0 Å². The molecule has 0 aliphatic carbocycles. The summed E-state index contributed by atoms with van der Waals surface area (Å²) in [5, 5.41) is 11.2. The maximum Gasteiger partial charge on any atom is 0.336 e. The van der Waals surface area contributed by atoms with Crippen molar-refractivity contribution in [3.63, 3.8) is 0 Å². The van der Waals surface area contributed by atoms with Gasteiger partial charge in [-0.25, -0.2) is 13.2 Å². The number of benzene rings is 2. The van der Waals surface area contributed by atoms with E-state index in [1.807, 2.05) is 13.0 Å². The van der Waals surface area contributed by atoms with Crippen molar-refractivity contribution in [1.29, 1.82) is 0 Å². The fourth-order valence-corrected chi connectivity index (χ4v) is 5.59. The van der Waals surface area contributed by atoms with Crippen molar-refractivity contribution >= 4 is 32.6 Å². The Kier molecular flexibility index (Phi) is 6.07. The Hall–Kier alpha value is -2.39. The first kappa shape index (κ1) is 21.8. The van der Waals surface area contributed by atoms with Crippen LogP contribution in [0.5, 0.6) is 5.75 Å². The number of hydrogen-bond donors (Lipinski definition) is 1. The minimum absolute atomic E-state index is 0.107. The minimum Gasteiger partial charge on any atom is -0.508 e. The number of rotatable bonds is 5. The fraction of sp³-hybridized carbons (Fsp3) is 0.318. The predicted molar refractivity (Wildman–Crippen MR) is 119 cm³/mol. The summed E-state index contributed by atoms with van der Waals surface area (Å²) in [7, 11) is -3.61. The first-order chi connectivity index (χ1) is 14.8. The van der Waals surface area contributed by atoms with E-state index in [0.29, 0.717) is 49.8 Å². The number of nitrogens with zero attached hydrogens (tertiary/aromatic N) is 2. The lowest BCUT2D eigenvalue weighted by Gasteiger charge is -2.34. The van der Waals surface area contributed by atoms with Crippen molar-refractivity contribution in [1.82, 2.24) is 9.21 Å². The summed E-state index contributed by atoms with van der Waals surface area (Å²) in [6, 6.07) is 11.1. The van der Waals surface area contributed by atoms with Crippen LogP contribution < -0.4 is 5.63 Å². The van der Waals surface area contributed by atoms with Crippen molar-refractivity contribution in [2.75, 3.05) is 26.2 Å². The van der Waals surface area contributed by atoms with Crippen LogP contribution in [0.15, 0.2) is 56.6 Å². The Morgan fingerprint density at radius 1 is 1.06 bits per heavy atom. The summed E-state index contributed by atoms with van der Waals surface area (Å²) in [4.78, 5) is 14.3. The highest BCUT2D eigenvalue weighted by Gasteiger charge is 2.29. The normalized spacial score (nSPS) is 16.1. The number of aryl methyl sites for hydroxylation is 1. The Bertz CT molecular complexity index is 1280. The van der Waals surface area contributed by atoms with Crippen molar-refractivity contribution in [3.05, 3.63) is 69.0 Å². The van der Waals surface area contributed by atoms with Crippen LogP contribution in [0, 0.1) is 0 Å². The third-order valence-electron chi connectivity index (χ3n) is 5.57. The van der Waals surface area contributed by atoms with Gasteiger partial charge >= 0.3 is 5.63 Å². The molecule has 164 valence electrons. The highest BCUT2D eigenvalue weighted by atomic mass is 35.5. The number of halogens is 1. The third-order valence-corrected chi connectivity index (χ3v) is 7.70. The van der Waals surface area contributed by atoms with E-state index in [4.69, 9.17) is 16.0 Å². The summed E-state index contributed by atoms with van der Waals surface area (Å²) in [5.41, 5.74) is 1.44. The number of phenolic OH excluding ortho intramolecular Hbond substituents is 1. The third kappa shape index (κ3) is 4.48. The molecule has 1 aromatic heterocycles. The van der Waals surface area contributed by atoms with E-state index in [1.54, 1.807) is 18.2 Å². The van der Waals surface area contributed by atoms with Crippen LogP contribution in [0.25, 0.3) is 11.0 Å². The zero-order valence-corrected chi connectivity index (χ0v) is 18.6. The van der Waals surface area contributed by atoms with Crippen molar-refractivity contribution < 1.29 is 17.9 Å². The zero-order valence-electron chi connectivity index (χ0n) is 17.0. The van der Waals surface area contributed by atoms with Crippen LogP contribution in [0.2, 0.25) is 5.02 Å². The molecule has 0 radical (unpaired) electrons. The molecule has 0 saturated carbocycles. The van der Waals surface area contributed by atoms with Gasteiger partial charge in [-0.3, -0.25) is 4.90 Å². The van der Waals surface area contributed by atoms with E-state index in [-0.39, 0.29) is 10.6 Å². The zero-order chi connectivity index (χ0) is 22.2. The lowest BCUT2D eigenvalue weighted by Crippen LogP contribution is -2.48. The van der Waals surface area contributed by atoms with E-state index in [9.17, 15) is 18.3 Å². The van der Waals surface area contributed by atoms with Gasteiger partial charge in [-0.2, -0.15) is 4.31 Å². The quantitative estimate of drug-likeness (QED) is 0.585. The molecule has 1 aliphatic rings. The topological polar surface area (TPSA) is 91.1 Å². The van der Waals surface area contributed by atoms with Gasteiger partial charge in [0.25, 0.3) is 0 Å². The Labute approximate surface area is 185 Å². The number of sulfonamides is 1. The monoisotopic (exact) mass is 462 g/mol. The van der Waals surface area contributed by atoms with Crippen LogP contribution in [0.3, 0.4) is 0 Å². The number of hydrogen-bond acceptors (Lipinski definition) is 6. The Balaban J connectivity index is 1.53. The highest BCUT2D eigenvalue weighted by molar-refractivity contribution is 7.89. The van der Waals surface area contributed by atoms with Gasteiger partial charge in [0.1, 0.15) is 11.3 Å². The fourth-order valence-electron chi connectivity index (χ4n) is 3.87. The number of phenols is 1. The standard InChI is InChI=1S/C22H23ClN2O5S/c1-2-15-10-19-16(11-22(27)30-21(19)13-20(15)26)14-24-6-8-25(9-7-24)31(28,29)18-5-3-4-17(23)12-18/h3-5,10-13,26H,2,6-9,14H2,1H3. The molecule has 2 heterocycles. The summed E-state index contributed by atoms with van der Waals surface area (Å²) >= 11 is 5.96. The maximum atomic E-state index is 12.9. The molecule has 31 heavy (non-hydrogen) atoms. The van der Waals surface area contributed by atoms with Crippen LogP contribution in [0.4, 0.5) is 0 Å². The molecule has 0 amide bonds. The molecule has 0 spiro atoms. The van der Waals surface area contributed by atoms with E-state index in [0.717, 1.165) is 16.5 Å². The SMILES string of the molecule is CCc1cc2c(CN3CCN(S(=O)(=O)c4cccc(Cl)c4)CC3)cc(=O)oc2cc1O. The number of piperazine rings is 1. The van der Waals surface area contributed by atoms with Gasteiger partial charge in [-0.15, -0.1) is 0 Å². The van der Waals surface area contributed by atoms with E-state index in [2.05, 4.69) is 4.90 Å². The Morgan fingerprint density at radius 2 is 1.81 bits per heavy atom. The maximum absolute atomic E-state index is 12.9. The van der Waals surface area contributed by atoms with Crippen molar-refractivity contribution in [3.8, 4) is 5.75 Å². The predicted octanol–water partition coefficient (Wildman–Crippen LogP) is 3.22. The van der Waals surface area contributed by atoms with Crippen LogP contribution in [-0.4, -0.2) is 48.9 Å². The van der Waals surface area contributed by atoms with E-state index in [1.165, 1.54) is 22.5 Å². The van der Waals surface area contributed by atoms with Crippen LogP contribution >= 0.6 is 11.6 Å².